The molecule has 9 nitrogen and oxygen atoms in total. The smallest absolute Gasteiger partial charge is 0.245 e. The second-order valence-electron chi connectivity index (χ2n) is 10.9. The highest BCUT2D eigenvalue weighted by molar-refractivity contribution is 5.93. The molecule has 1 saturated heterocycles. The fourth-order valence-electron chi connectivity index (χ4n) is 4.63. The van der Waals surface area contributed by atoms with Gasteiger partial charge >= 0.3 is 0 Å². The molecule has 1 heterocycles. The first-order valence-electron chi connectivity index (χ1n) is 14.2. The van der Waals surface area contributed by atoms with Crippen LogP contribution in [0.1, 0.15) is 78.2 Å². The van der Waals surface area contributed by atoms with Gasteiger partial charge in [-0.2, -0.15) is 0 Å². The standard InChI is InChI=1S/C30H46N4O5/c1-6-25(35)15-11-8-12-16-26-30(39)34(20-24-13-9-7-10-14-24)21-28(37)33(19-22(2)3)18-17-27(36)32(5)23(4)29(38)31-26/h7,9-10,13-14,22-23,26H,6,8,11-12,15-21H2,1-5H3,(H,31,38)/t23-,26-/m0/s1. The van der Waals surface area contributed by atoms with E-state index in [0.717, 1.165) is 18.4 Å². The summed E-state index contributed by atoms with van der Waals surface area (Å²) in [6, 6.07) is 7.84. The van der Waals surface area contributed by atoms with Gasteiger partial charge in [0.05, 0.1) is 0 Å². The maximum atomic E-state index is 13.9. The minimum absolute atomic E-state index is 0.0963. The van der Waals surface area contributed by atoms with Crippen molar-refractivity contribution < 1.29 is 24.0 Å². The van der Waals surface area contributed by atoms with Gasteiger partial charge in [-0.05, 0) is 31.2 Å². The molecular weight excluding hydrogens is 496 g/mol. The molecule has 1 aromatic rings. The third-order valence-electron chi connectivity index (χ3n) is 7.20. The monoisotopic (exact) mass is 542 g/mol. The molecule has 2 rings (SSSR count). The van der Waals surface area contributed by atoms with Crippen LogP contribution in [0.2, 0.25) is 0 Å². The number of hydrogen-bond donors (Lipinski definition) is 1. The normalized spacial score (nSPS) is 20.0. The zero-order chi connectivity index (χ0) is 28.9. The second-order valence-corrected chi connectivity index (χ2v) is 10.9. The Hall–Kier alpha value is -3.23. The lowest BCUT2D eigenvalue weighted by molar-refractivity contribution is -0.143. The molecule has 0 aromatic heterocycles. The lowest BCUT2D eigenvalue weighted by atomic mass is 10.0. The highest BCUT2D eigenvalue weighted by Crippen LogP contribution is 2.15. The van der Waals surface area contributed by atoms with Crippen LogP contribution in [0.15, 0.2) is 30.3 Å². The van der Waals surface area contributed by atoms with Crippen molar-refractivity contribution in [1.29, 1.82) is 0 Å². The topological polar surface area (TPSA) is 107 Å². The van der Waals surface area contributed by atoms with E-state index in [9.17, 15) is 24.0 Å². The number of nitrogens with zero attached hydrogens (tertiary/aromatic N) is 3. The van der Waals surface area contributed by atoms with Crippen LogP contribution in [0.25, 0.3) is 0 Å². The van der Waals surface area contributed by atoms with Crippen LogP contribution < -0.4 is 5.32 Å². The summed E-state index contributed by atoms with van der Waals surface area (Å²) < 4.78 is 0. The minimum atomic E-state index is -0.846. The van der Waals surface area contributed by atoms with E-state index in [0.29, 0.717) is 32.2 Å². The van der Waals surface area contributed by atoms with Crippen molar-refractivity contribution in [3.63, 3.8) is 0 Å². The molecule has 0 radical (unpaired) electrons. The van der Waals surface area contributed by atoms with Crippen molar-refractivity contribution in [3.05, 3.63) is 35.9 Å². The van der Waals surface area contributed by atoms with Gasteiger partial charge in [0, 0.05) is 45.9 Å². The maximum absolute atomic E-state index is 13.9. The number of benzene rings is 1. The summed E-state index contributed by atoms with van der Waals surface area (Å²) in [4.78, 5) is 69.7. The van der Waals surface area contributed by atoms with E-state index in [1.54, 1.807) is 18.9 Å². The Morgan fingerprint density at radius 1 is 1.00 bits per heavy atom. The molecule has 1 aliphatic rings. The zero-order valence-corrected chi connectivity index (χ0v) is 24.3. The van der Waals surface area contributed by atoms with Gasteiger partial charge in [0.2, 0.25) is 23.6 Å². The average Bonchev–Trinajstić information content (AvgIpc) is 2.92. The van der Waals surface area contributed by atoms with Crippen LogP contribution in [-0.4, -0.2) is 82.9 Å². The van der Waals surface area contributed by atoms with Crippen molar-refractivity contribution in [2.75, 3.05) is 26.7 Å². The molecule has 1 aliphatic heterocycles. The number of likely N-dealkylation sites (N-methyl/N-ethyl adjacent to an activating group) is 1. The van der Waals surface area contributed by atoms with E-state index in [1.165, 1.54) is 9.80 Å². The van der Waals surface area contributed by atoms with E-state index < -0.39 is 18.0 Å². The molecule has 1 N–H and O–H groups in total. The van der Waals surface area contributed by atoms with E-state index in [1.807, 2.05) is 51.1 Å². The quantitative estimate of drug-likeness (QED) is 0.432. The number of amides is 4. The Balaban J connectivity index is 2.36. The van der Waals surface area contributed by atoms with Gasteiger partial charge in [-0.25, -0.2) is 0 Å². The lowest BCUT2D eigenvalue weighted by Crippen LogP contribution is -2.54. The summed E-state index contributed by atoms with van der Waals surface area (Å²) in [6.07, 6.45) is 3.61. The number of rotatable bonds is 11. The number of hydrogen-bond acceptors (Lipinski definition) is 5. The van der Waals surface area contributed by atoms with Crippen molar-refractivity contribution in [3.8, 4) is 0 Å². The SMILES string of the molecule is CCC(=O)CCCCC[C@@H]1NC(=O)[C@H](C)N(C)C(=O)CCN(CC(C)C)C(=O)CN(Cc2ccccc2)C1=O. The fraction of sp³-hybridized carbons (Fsp3) is 0.633. The Bertz CT molecular complexity index is 981. The van der Waals surface area contributed by atoms with Gasteiger partial charge in [-0.1, -0.05) is 63.9 Å². The third-order valence-corrected chi connectivity index (χ3v) is 7.20. The summed E-state index contributed by atoms with van der Waals surface area (Å²) in [7, 11) is 1.57. The molecule has 1 aromatic carbocycles. The van der Waals surface area contributed by atoms with E-state index in [2.05, 4.69) is 5.32 Å². The van der Waals surface area contributed by atoms with Gasteiger partial charge < -0.3 is 20.0 Å². The number of Topliss-reactive ketones (excluding diaryl/α,β-unsaturated/α-hetero) is 1. The minimum Gasteiger partial charge on any atom is -0.343 e. The molecule has 0 spiro atoms. The molecule has 0 saturated carbocycles. The highest BCUT2D eigenvalue weighted by Gasteiger charge is 2.32. The first-order chi connectivity index (χ1) is 18.5. The molecule has 39 heavy (non-hydrogen) atoms. The molecule has 4 amide bonds. The van der Waals surface area contributed by atoms with Gasteiger partial charge in [-0.15, -0.1) is 0 Å². The summed E-state index contributed by atoms with van der Waals surface area (Å²) in [5, 5.41) is 2.87. The van der Waals surface area contributed by atoms with Crippen molar-refractivity contribution in [2.24, 2.45) is 5.92 Å². The highest BCUT2D eigenvalue weighted by atomic mass is 16.2. The predicted octanol–water partition coefficient (Wildman–Crippen LogP) is 3.16. The number of carbonyl (C=O) groups is 5. The number of carbonyl (C=O) groups excluding carboxylic acids is 5. The van der Waals surface area contributed by atoms with Crippen molar-refractivity contribution in [1.82, 2.24) is 20.0 Å². The van der Waals surface area contributed by atoms with Gasteiger partial charge in [0.1, 0.15) is 24.4 Å². The molecule has 2 atom stereocenters. The van der Waals surface area contributed by atoms with E-state index in [4.69, 9.17) is 0 Å². The van der Waals surface area contributed by atoms with Crippen molar-refractivity contribution in [2.45, 2.75) is 91.3 Å². The number of unbranched alkanes of at least 4 members (excludes halogenated alkanes) is 2. The summed E-state index contributed by atoms with van der Waals surface area (Å²) in [5.74, 6) is -0.793. The summed E-state index contributed by atoms with van der Waals surface area (Å²) in [5.41, 5.74) is 0.879. The lowest BCUT2D eigenvalue weighted by Gasteiger charge is -2.31. The van der Waals surface area contributed by atoms with Crippen LogP contribution in [0, 0.1) is 5.92 Å². The number of ketones is 1. The molecule has 0 unspecified atom stereocenters. The zero-order valence-electron chi connectivity index (χ0n) is 24.3. The van der Waals surface area contributed by atoms with Crippen LogP contribution in [0.4, 0.5) is 0 Å². The predicted molar refractivity (Wildman–Crippen MR) is 150 cm³/mol. The van der Waals surface area contributed by atoms with Crippen LogP contribution >= 0.6 is 0 Å². The van der Waals surface area contributed by atoms with Crippen LogP contribution in [0.3, 0.4) is 0 Å². The van der Waals surface area contributed by atoms with Gasteiger partial charge in [0.15, 0.2) is 0 Å². The molecular formula is C30H46N4O5. The molecule has 1 fully saturated rings. The molecule has 216 valence electrons. The second kappa shape index (κ2) is 16.0. The Kier molecular flexibility index (Phi) is 13.1. The maximum Gasteiger partial charge on any atom is 0.245 e. The molecule has 0 aliphatic carbocycles. The number of nitrogens with one attached hydrogen (secondary N) is 1. The third kappa shape index (κ3) is 10.5. The van der Waals surface area contributed by atoms with E-state index in [-0.39, 0.29) is 55.5 Å². The van der Waals surface area contributed by atoms with Crippen molar-refractivity contribution >= 4 is 29.4 Å². The van der Waals surface area contributed by atoms with E-state index >= 15 is 0 Å². The Morgan fingerprint density at radius 3 is 2.33 bits per heavy atom. The Labute approximate surface area is 233 Å². The fourth-order valence-corrected chi connectivity index (χ4v) is 4.63. The first-order valence-corrected chi connectivity index (χ1v) is 14.2. The van der Waals surface area contributed by atoms with Gasteiger partial charge in [-0.3, -0.25) is 24.0 Å². The summed E-state index contributed by atoms with van der Waals surface area (Å²) >= 11 is 0. The molecule has 9 heteroatoms. The molecule has 0 bridgehead atoms. The Morgan fingerprint density at radius 2 is 1.69 bits per heavy atom. The average molecular weight is 543 g/mol. The largest absolute Gasteiger partial charge is 0.343 e. The first kappa shape index (κ1) is 32.0. The van der Waals surface area contributed by atoms with Gasteiger partial charge in [0.25, 0.3) is 0 Å². The summed E-state index contributed by atoms with van der Waals surface area (Å²) in [6.45, 7) is 8.27. The van der Waals surface area contributed by atoms with Crippen LogP contribution in [-0.2, 0) is 30.5 Å². The van der Waals surface area contributed by atoms with Crippen LogP contribution in [0.5, 0.6) is 0 Å².